The molecule has 1 aliphatic carbocycles. The topological polar surface area (TPSA) is 64.4 Å². The van der Waals surface area contributed by atoms with E-state index >= 15 is 0 Å². The smallest absolute Gasteiger partial charge is 0.329 e. The molecule has 0 spiro atoms. The summed E-state index contributed by atoms with van der Waals surface area (Å²) in [5.41, 5.74) is 5.40. The van der Waals surface area contributed by atoms with Crippen molar-refractivity contribution in [3.63, 3.8) is 0 Å². The number of ether oxygens (including phenoxy) is 1. The van der Waals surface area contributed by atoms with Crippen molar-refractivity contribution in [2.45, 2.75) is 52.0 Å². The highest BCUT2D eigenvalue weighted by Crippen LogP contribution is 2.38. The second-order valence-electron chi connectivity index (χ2n) is 9.27. The van der Waals surface area contributed by atoms with Crippen LogP contribution in [0.15, 0.2) is 54.6 Å². The summed E-state index contributed by atoms with van der Waals surface area (Å²) in [6.45, 7) is 3.27. The molecule has 1 saturated carbocycles. The van der Waals surface area contributed by atoms with Crippen molar-refractivity contribution in [2.75, 3.05) is 13.2 Å². The highest BCUT2D eigenvalue weighted by molar-refractivity contribution is 5.83. The van der Waals surface area contributed by atoms with Crippen LogP contribution < -0.4 is 0 Å². The lowest BCUT2D eigenvalue weighted by atomic mass is 9.82. The molecule has 2 aromatic carbocycles. The first-order valence-corrected chi connectivity index (χ1v) is 12.3. The van der Waals surface area contributed by atoms with Crippen molar-refractivity contribution in [1.29, 1.82) is 0 Å². The number of carbonyl (C=O) groups is 1. The lowest BCUT2D eigenvalue weighted by molar-refractivity contribution is -0.142. The van der Waals surface area contributed by atoms with Gasteiger partial charge >= 0.3 is 5.97 Å². The maximum Gasteiger partial charge on any atom is 0.329 e. The zero-order chi connectivity index (χ0) is 23.9. The average molecular weight is 465 g/mol. The molecule has 1 aliphatic rings. The van der Waals surface area contributed by atoms with Gasteiger partial charge in [0.25, 0.3) is 0 Å². The van der Waals surface area contributed by atoms with Crippen molar-refractivity contribution in [1.82, 2.24) is 9.78 Å². The van der Waals surface area contributed by atoms with E-state index in [9.17, 15) is 9.18 Å². The van der Waals surface area contributed by atoms with Gasteiger partial charge in [-0.1, -0.05) is 43.7 Å². The Balaban J connectivity index is 1.60. The van der Waals surface area contributed by atoms with E-state index in [0.29, 0.717) is 18.4 Å². The van der Waals surface area contributed by atoms with Crippen LogP contribution in [0, 0.1) is 17.7 Å². The zero-order valence-corrected chi connectivity index (χ0v) is 19.8. The van der Waals surface area contributed by atoms with Gasteiger partial charge in [-0.2, -0.15) is 5.10 Å². The van der Waals surface area contributed by atoms with E-state index < -0.39 is 5.97 Å². The van der Waals surface area contributed by atoms with Crippen LogP contribution in [0.25, 0.3) is 22.4 Å². The van der Waals surface area contributed by atoms with Crippen LogP contribution in [0.1, 0.15) is 44.7 Å². The van der Waals surface area contributed by atoms with E-state index in [4.69, 9.17) is 14.9 Å². The Hall–Kier alpha value is -2.99. The number of halogens is 1. The molecular weight excluding hydrogens is 431 g/mol. The van der Waals surface area contributed by atoms with E-state index in [1.165, 1.54) is 12.1 Å². The highest BCUT2D eigenvalue weighted by Gasteiger charge is 2.26. The number of carboxylic acids is 1. The predicted molar refractivity (Wildman–Crippen MR) is 131 cm³/mol. The van der Waals surface area contributed by atoms with Crippen LogP contribution >= 0.6 is 0 Å². The summed E-state index contributed by atoms with van der Waals surface area (Å²) in [5, 5.41) is 13.9. The van der Waals surface area contributed by atoms with E-state index in [1.807, 2.05) is 30.3 Å². The predicted octanol–water partition coefficient (Wildman–Crippen LogP) is 6.22. The van der Waals surface area contributed by atoms with Crippen LogP contribution in [0.2, 0.25) is 0 Å². The summed E-state index contributed by atoms with van der Waals surface area (Å²) in [6, 6.07) is 17.1. The Bertz CT molecular complexity index is 1070. The lowest BCUT2D eigenvalue weighted by Crippen LogP contribution is -2.23. The van der Waals surface area contributed by atoms with Crippen molar-refractivity contribution in [3.05, 3.63) is 66.1 Å². The van der Waals surface area contributed by atoms with Gasteiger partial charge in [-0.05, 0) is 73.8 Å². The van der Waals surface area contributed by atoms with Gasteiger partial charge in [-0.3, -0.25) is 4.68 Å². The number of nitrogens with zero attached hydrogens (tertiary/aromatic N) is 2. The fourth-order valence-electron chi connectivity index (χ4n) is 5.00. The van der Waals surface area contributed by atoms with Crippen molar-refractivity contribution in [3.8, 4) is 22.4 Å². The van der Waals surface area contributed by atoms with Crippen molar-refractivity contribution in [2.24, 2.45) is 11.8 Å². The Morgan fingerprint density at radius 1 is 1.03 bits per heavy atom. The molecule has 1 aromatic heterocycles. The molecule has 0 bridgehead atoms. The first kappa shape index (κ1) is 24.1. The number of carboxylic acid groups (broad SMARTS) is 1. The third-order valence-electron chi connectivity index (χ3n) is 6.67. The Morgan fingerprint density at radius 2 is 1.71 bits per heavy atom. The molecule has 0 amide bonds. The minimum atomic E-state index is -0.919. The molecule has 1 N–H and O–H groups in total. The van der Waals surface area contributed by atoms with Gasteiger partial charge in [-0.15, -0.1) is 0 Å². The Morgan fingerprint density at radius 3 is 2.35 bits per heavy atom. The number of rotatable bonds is 10. The first-order valence-electron chi connectivity index (χ1n) is 12.3. The summed E-state index contributed by atoms with van der Waals surface area (Å²) in [4.78, 5) is 10.7. The number of aryl methyl sites for hydroxylation is 1. The molecule has 1 heterocycles. The highest BCUT2D eigenvalue weighted by atomic mass is 19.1. The van der Waals surface area contributed by atoms with Gasteiger partial charge in [0.15, 0.2) is 0 Å². The minimum absolute atomic E-state index is 0.225. The van der Waals surface area contributed by atoms with Crippen LogP contribution in [0.4, 0.5) is 4.39 Å². The Kier molecular flexibility index (Phi) is 8.12. The van der Waals surface area contributed by atoms with E-state index in [1.54, 1.807) is 0 Å². The average Bonchev–Trinajstić information content (AvgIpc) is 3.19. The van der Waals surface area contributed by atoms with Crippen molar-refractivity contribution >= 4 is 5.97 Å². The molecule has 5 nitrogen and oxygen atoms in total. The van der Waals surface area contributed by atoms with E-state index in [2.05, 4.69) is 23.7 Å². The number of aromatic nitrogens is 2. The SMILES string of the molecule is CCCc1nn(C[C@H]2CC[C@H](COCC(=O)O)CC2)c(-c2ccc(F)cc2)c1-c1ccccc1. The van der Waals surface area contributed by atoms with Gasteiger partial charge in [0.05, 0.1) is 18.0 Å². The van der Waals surface area contributed by atoms with E-state index in [-0.39, 0.29) is 12.4 Å². The molecular formula is C28H33FN2O3. The summed E-state index contributed by atoms with van der Waals surface area (Å²) in [5.74, 6) is -0.251. The lowest BCUT2D eigenvalue weighted by Gasteiger charge is -2.28. The van der Waals surface area contributed by atoms with Gasteiger partial charge in [0.1, 0.15) is 12.4 Å². The number of hydrogen-bond acceptors (Lipinski definition) is 3. The third-order valence-corrected chi connectivity index (χ3v) is 6.67. The number of benzene rings is 2. The van der Waals surface area contributed by atoms with E-state index in [0.717, 1.165) is 73.1 Å². The largest absolute Gasteiger partial charge is 0.480 e. The maximum atomic E-state index is 13.7. The van der Waals surface area contributed by atoms with Gasteiger partial charge in [-0.25, -0.2) is 9.18 Å². The van der Waals surface area contributed by atoms with Crippen LogP contribution in [0.5, 0.6) is 0 Å². The van der Waals surface area contributed by atoms with Crippen LogP contribution in [-0.4, -0.2) is 34.1 Å². The molecule has 0 radical (unpaired) electrons. The van der Waals surface area contributed by atoms with Gasteiger partial charge in [0.2, 0.25) is 0 Å². The summed E-state index contributed by atoms with van der Waals surface area (Å²) in [7, 11) is 0. The standard InChI is InChI=1S/C28H33FN2O3/c1-2-6-25-27(22-7-4-3-5-8-22)28(23-13-15-24(29)16-14-23)31(30-25)17-20-9-11-21(12-10-20)18-34-19-26(32)33/h3-5,7-8,13-16,20-21H,2,6,9-12,17-19H2,1H3,(H,32,33)/t20-,21-. The van der Waals surface area contributed by atoms with Crippen LogP contribution in [0.3, 0.4) is 0 Å². The minimum Gasteiger partial charge on any atom is -0.480 e. The Labute approximate surface area is 200 Å². The molecule has 0 saturated heterocycles. The molecule has 0 unspecified atom stereocenters. The summed E-state index contributed by atoms with van der Waals surface area (Å²) < 4.78 is 21.2. The molecule has 4 rings (SSSR count). The fraction of sp³-hybridized carbons (Fsp3) is 0.429. The molecule has 3 aromatic rings. The molecule has 34 heavy (non-hydrogen) atoms. The first-order chi connectivity index (χ1) is 16.5. The molecule has 0 atom stereocenters. The fourth-order valence-corrected chi connectivity index (χ4v) is 5.00. The molecule has 1 fully saturated rings. The maximum absolute atomic E-state index is 13.7. The molecule has 180 valence electrons. The second kappa shape index (κ2) is 11.4. The summed E-state index contributed by atoms with van der Waals surface area (Å²) >= 11 is 0. The third kappa shape index (κ3) is 5.92. The number of hydrogen-bond donors (Lipinski definition) is 1. The monoisotopic (exact) mass is 464 g/mol. The number of aliphatic carboxylic acids is 1. The zero-order valence-electron chi connectivity index (χ0n) is 19.8. The normalized spacial score (nSPS) is 18.2. The molecule has 6 heteroatoms. The quantitative estimate of drug-likeness (QED) is 0.387. The second-order valence-corrected chi connectivity index (χ2v) is 9.27. The van der Waals surface area contributed by atoms with Crippen LogP contribution in [-0.2, 0) is 22.5 Å². The van der Waals surface area contributed by atoms with Gasteiger partial charge in [0, 0.05) is 17.7 Å². The van der Waals surface area contributed by atoms with Crippen molar-refractivity contribution < 1.29 is 19.0 Å². The molecule has 0 aliphatic heterocycles. The summed E-state index contributed by atoms with van der Waals surface area (Å²) in [6.07, 6.45) is 6.08. The van der Waals surface area contributed by atoms with Gasteiger partial charge < -0.3 is 9.84 Å².